The van der Waals surface area contributed by atoms with Crippen molar-refractivity contribution >= 4 is 17.5 Å². The van der Waals surface area contributed by atoms with Gasteiger partial charge in [-0.2, -0.15) is 0 Å². The Kier molecular flexibility index (Phi) is 5.58. The van der Waals surface area contributed by atoms with Crippen LogP contribution in [0.2, 0.25) is 0 Å². The van der Waals surface area contributed by atoms with E-state index in [4.69, 9.17) is 9.47 Å². The lowest BCUT2D eigenvalue weighted by atomic mass is 10.1. The SMILES string of the molecule is Cc1cc(C)c(NC(=O)CN(C)C(=O)[C@H]2Oc3ccccc3O[C@H]2C)c(C)c1. The third-order valence-electron chi connectivity index (χ3n) is 4.78. The first kappa shape index (κ1) is 19.7. The molecule has 2 aromatic rings. The molecule has 3 rings (SSSR count). The van der Waals surface area contributed by atoms with E-state index in [0.29, 0.717) is 11.5 Å². The fraction of sp³-hybridized carbons (Fsp3) is 0.364. The molecule has 0 unspecified atom stereocenters. The number of rotatable bonds is 4. The summed E-state index contributed by atoms with van der Waals surface area (Å²) >= 11 is 0. The highest BCUT2D eigenvalue weighted by Crippen LogP contribution is 2.33. The summed E-state index contributed by atoms with van der Waals surface area (Å²) in [6.07, 6.45) is -1.25. The van der Waals surface area contributed by atoms with Gasteiger partial charge in [0, 0.05) is 12.7 Å². The summed E-state index contributed by atoms with van der Waals surface area (Å²) in [5.41, 5.74) is 3.92. The minimum Gasteiger partial charge on any atom is -0.482 e. The number of fused-ring (bicyclic) bond motifs is 1. The van der Waals surface area contributed by atoms with Crippen LogP contribution in [0.3, 0.4) is 0 Å². The molecule has 2 aromatic carbocycles. The van der Waals surface area contributed by atoms with Crippen LogP contribution in [-0.2, 0) is 9.59 Å². The molecule has 148 valence electrons. The predicted molar refractivity (Wildman–Crippen MR) is 108 cm³/mol. The standard InChI is InChI=1S/C22H26N2O4/c1-13-10-14(2)20(15(3)11-13)23-19(25)12-24(5)22(26)21-16(4)27-17-8-6-7-9-18(17)28-21/h6-11,16,21H,12H2,1-5H3,(H,23,25)/t16-,21-/m0/s1. The Balaban J connectivity index is 1.65. The number of nitrogens with zero attached hydrogens (tertiary/aromatic N) is 1. The van der Waals surface area contributed by atoms with Crippen molar-refractivity contribution in [1.29, 1.82) is 0 Å². The van der Waals surface area contributed by atoms with E-state index in [2.05, 4.69) is 5.32 Å². The van der Waals surface area contributed by atoms with Crippen LogP contribution in [0.25, 0.3) is 0 Å². The molecule has 0 fully saturated rings. The molecule has 2 amide bonds. The molecule has 0 bridgehead atoms. The Bertz CT molecular complexity index is 886. The molecule has 1 heterocycles. The van der Waals surface area contributed by atoms with E-state index in [1.807, 2.05) is 45.0 Å². The van der Waals surface area contributed by atoms with Gasteiger partial charge in [-0.1, -0.05) is 29.8 Å². The van der Waals surface area contributed by atoms with Crippen molar-refractivity contribution in [2.45, 2.75) is 39.9 Å². The Morgan fingerprint density at radius 3 is 2.21 bits per heavy atom. The van der Waals surface area contributed by atoms with Gasteiger partial charge in [0.25, 0.3) is 5.91 Å². The Labute approximate surface area is 165 Å². The van der Waals surface area contributed by atoms with E-state index in [1.165, 1.54) is 4.90 Å². The van der Waals surface area contributed by atoms with Crippen LogP contribution in [-0.4, -0.2) is 42.5 Å². The summed E-state index contributed by atoms with van der Waals surface area (Å²) in [4.78, 5) is 26.7. The van der Waals surface area contributed by atoms with Gasteiger partial charge in [-0.05, 0) is 51.0 Å². The second kappa shape index (κ2) is 7.92. The molecule has 1 aliphatic heterocycles. The van der Waals surface area contributed by atoms with E-state index >= 15 is 0 Å². The number of benzene rings is 2. The number of carbonyl (C=O) groups excluding carboxylic acids is 2. The van der Waals surface area contributed by atoms with Gasteiger partial charge in [0.2, 0.25) is 12.0 Å². The Hall–Kier alpha value is -3.02. The molecular weight excluding hydrogens is 356 g/mol. The maximum atomic E-state index is 12.8. The predicted octanol–water partition coefficient (Wildman–Crippen LogP) is 3.24. The minimum absolute atomic E-state index is 0.0696. The minimum atomic E-state index is -0.796. The normalized spacial score (nSPS) is 17.8. The monoisotopic (exact) mass is 382 g/mol. The summed E-state index contributed by atoms with van der Waals surface area (Å²) in [5.74, 6) is 0.595. The third kappa shape index (κ3) is 4.11. The number of hydrogen-bond acceptors (Lipinski definition) is 4. The van der Waals surface area contributed by atoms with Crippen molar-refractivity contribution in [3.63, 3.8) is 0 Å². The number of likely N-dealkylation sites (N-methyl/N-ethyl adjacent to an activating group) is 1. The smallest absolute Gasteiger partial charge is 0.267 e. The van der Waals surface area contributed by atoms with Crippen LogP contribution in [0.15, 0.2) is 36.4 Å². The first-order chi connectivity index (χ1) is 13.3. The summed E-state index contributed by atoms with van der Waals surface area (Å²) in [7, 11) is 1.59. The molecule has 1 N–H and O–H groups in total. The number of carbonyl (C=O) groups is 2. The molecule has 0 aromatic heterocycles. The van der Waals surface area contributed by atoms with Crippen molar-refractivity contribution < 1.29 is 19.1 Å². The first-order valence-electron chi connectivity index (χ1n) is 9.31. The summed E-state index contributed by atoms with van der Waals surface area (Å²) in [5, 5.41) is 2.92. The molecule has 0 spiro atoms. The molecule has 0 radical (unpaired) electrons. The number of anilines is 1. The molecule has 0 aliphatic carbocycles. The number of hydrogen-bond donors (Lipinski definition) is 1. The lowest BCUT2D eigenvalue weighted by Gasteiger charge is -2.33. The van der Waals surface area contributed by atoms with Gasteiger partial charge in [0.15, 0.2) is 11.5 Å². The lowest BCUT2D eigenvalue weighted by Crippen LogP contribution is -2.51. The average Bonchev–Trinajstić information content (AvgIpc) is 2.63. The van der Waals surface area contributed by atoms with Crippen molar-refractivity contribution in [3.8, 4) is 11.5 Å². The molecule has 6 heteroatoms. The number of para-hydroxylation sites is 2. The van der Waals surface area contributed by atoms with Crippen LogP contribution in [0.1, 0.15) is 23.6 Å². The van der Waals surface area contributed by atoms with Gasteiger partial charge in [0.1, 0.15) is 6.10 Å². The summed E-state index contributed by atoms with van der Waals surface area (Å²) < 4.78 is 11.6. The van der Waals surface area contributed by atoms with Crippen molar-refractivity contribution in [2.24, 2.45) is 0 Å². The van der Waals surface area contributed by atoms with Crippen LogP contribution in [0, 0.1) is 20.8 Å². The van der Waals surface area contributed by atoms with Crippen molar-refractivity contribution in [2.75, 3.05) is 18.9 Å². The van der Waals surface area contributed by atoms with E-state index in [0.717, 1.165) is 22.4 Å². The molecule has 2 atom stereocenters. The van der Waals surface area contributed by atoms with E-state index in [9.17, 15) is 9.59 Å². The van der Waals surface area contributed by atoms with Crippen LogP contribution >= 0.6 is 0 Å². The van der Waals surface area contributed by atoms with E-state index in [1.54, 1.807) is 26.1 Å². The molecule has 0 saturated heterocycles. The Morgan fingerprint density at radius 2 is 1.61 bits per heavy atom. The largest absolute Gasteiger partial charge is 0.482 e. The zero-order valence-electron chi connectivity index (χ0n) is 16.9. The highest BCUT2D eigenvalue weighted by atomic mass is 16.6. The number of amides is 2. The quantitative estimate of drug-likeness (QED) is 0.882. The molecule has 6 nitrogen and oxygen atoms in total. The van der Waals surface area contributed by atoms with Gasteiger partial charge >= 0.3 is 0 Å². The topological polar surface area (TPSA) is 67.9 Å². The summed E-state index contributed by atoms with van der Waals surface area (Å²) in [6, 6.07) is 11.3. The number of aryl methyl sites for hydroxylation is 3. The molecule has 28 heavy (non-hydrogen) atoms. The lowest BCUT2D eigenvalue weighted by molar-refractivity contribution is -0.144. The zero-order valence-corrected chi connectivity index (χ0v) is 16.9. The van der Waals surface area contributed by atoms with E-state index in [-0.39, 0.29) is 18.4 Å². The first-order valence-corrected chi connectivity index (χ1v) is 9.31. The second-order valence-corrected chi connectivity index (χ2v) is 7.32. The van der Waals surface area contributed by atoms with Crippen LogP contribution < -0.4 is 14.8 Å². The van der Waals surface area contributed by atoms with Gasteiger partial charge in [0.05, 0.1) is 6.54 Å². The Morgan fingerprint density at radius 1 is 1.04 bits per heavy atom. The highest BCUT2D eigenvalue weighted by molar-refractivity contribution is 5.96. The van der Waals surface area contributed by atoms with Gasteiger partial charge in [-0.15, -0.1) is 0 Å². The average molecular weight is 382 g/mol. The highest BCUT2D eigenvalue weighted by Gasteiger charge is 2.36. The molecule has 0 saturated carbocycles. The van der Waals surface area contributed by atoms with E-state index < -0.39 is 12.2 Å². The number of ether oxygens (including phenoxy) is 2. The van der Waals surface area contributed by atoms with Crippen molar-refractivity contribution in [3.05, 3.63) is 53.1 Å². The second-order valence-electron chi connectivity index (χ2n) is 7.32. The van der Waals surface area contributed by atoms with Gasteiger partial charge in [-0.25, -0.2) is 0 Å². The molecule has 1 aliphatic rings. The van der Waals surface area contributed by atoms with Crippen LogP contribution in [0.5, 0.6) is 11.5 Å². The summed E-state index contributed by atoms with van der Waals surface area (Å²) in [6.45, 7) is 7.64. The van der Waals surface area contributed by atoms with Crippen molar-refractivity contribution in [1.82, 2.24) is 4.90 Å². The van der Waals surface area contributed by atoms with Crippen LogP contribution in [0.4, 0.5) is 5.69 Å². The third-order valence-corrected chi connectivity index (χ3v) is 4.78. The maximum Gasteiger partial charge on any atom is 0.267 e. The van der Waals surface area contributed by atoms with Gasteiger partial charge in [-0.3, -0.25) is 9.59 Å². The zero-order chi connectivity index (χ0) is 20.4. The fourth-order valence-corrected chi connectivity index (χ4v) is 3.46. The number of nitrogens with one attached hydrogen (secondary N) is 1. The van der Waals surface area contributed by atoms with Gasteiger partial charge < -0.3 is 19.7 Å². The molecular formula is C22H26N2O4. The maximum absolute atomic E-state index is 12.8. The fourth-order valence-electron chi connectivity index (χ4n) is 3.46.